The molecule has 0 spiro atoms. The Morgan fingerprint density at radius 1 is 1.22 bits per heavy atom. The van der Waals surface area contributed by atoms with E-state index in [1.165, 1.54) is 30.5 Å². The van der Waals surface area contributed by atoms with E-state index < -0.39 is 4.92 Å². The number of rotatable bonds is 5. The molecule has 1 aliphatic heterocycles. The maximum absolute atomic E-state index is 12.2. The second-order valence-electron chi connectivity index (χ2n) is 6.24. The zero-order valence-electron chi connectivity index (χ0n) is 14.5. The number of nitrogens with zero attached hydrogens (tertiary/aromatic N) is 2. The summed E-state index contributed by atoms with van der Waals surface area (Å²) in [5.41, 5.74) is 0.560. The van der Waals surface area contributed by atoms with Crippen LogP contribution in [0.1, 0.15) is 29.0 Å². The van der Waals surface area contributed by atoms with Crippen molar-refractivity contribution in [3.8, 4) is 0 Å². The maximum Gasteiger partial charge on any atom is 0.289 e. The summed E-state index contributed by atoms with van der Waals surface area (Å²) in [6, 6.07) is 9.35. The second kappa shape index (κ2) is 8.31. The number of carbonyl (C=O) groups excluding carboxylic acids is 2. The number of non-ortho nitro benzene ring substituents is 1. The summed E-state index contributed by atoms with van der Waals surface area (Å²) in [6.07, 6.45) is 5.68. The summed E-state index contributed by atoms with van der Waals surface area (Å²) in [5.74, 6) is -0.0926. The van der Waals surface area contributed by atoms with E-state index in [9.17, 15) is 19.7 Å². The molecule has 0 bridgehead atoms. The number of nitro groups is 1. The number of hydrogen-bond acceptors (Lipinski definition) is 5. The van der Waals surface area contributed by atoms with Crippen molar-refractivity contribution in [1.82, 2.24) is 10.2 Å². The fourth-order valence-corrected chi connectivity index (χ4v) is 2.95. The third kappa shape index (κ3) is 4.81. The SMILES string of the molecule is O=C(/C=C/c1cccc([N+](=O)[O-])c1)NC1CCN(C(=O)c2ccco2)CC1. The summed E-state index contributed by atoms with van der Waals surface area (Å²) in [4.78, 5) is 36.3. The highest BCUT2D eigenvalue weighted by Gasteiger charge is 2.25. The van der Waals surface area contributed by atoms with E-state index in [1.54, 1.807) is 29.2 Å². The van der Waals surface area contributed by atoms with Gasteiger partial charge in [-0.05, 0) is 36.6 Å². The van der Waals surface area contributed by atoms with Gasteiger partial charge in [-0.25, -0.2) is 0 Å². The van der Waals surface area contributed by atoms with Gasteiger partial charge in [0.05, 0.1) is 11.2 Å². The molecule has 0 saturated carbocycles. The predicted octanol–water partition coefficient (Wildman–Crippen LogP) is 2.62. The molecule has 2 heterocycles. The van der Waals surface area contributed by atoms with E-state index in [0.29, 0.717) is 37.3 Å². The Labute approximate surface area is 155 Å². The quantitative estimate of drug-likeness (QED) is 0.495. The van der Waals surface area contributed by atoms with Gasteiger partial charge >= 0.3 is 0 Å². The van der Waals surface area contributed by atoms with Gasteiger partial charge in [0.25, 0.3) is 11.6 Å². The molecular weight excluding hydrogens is 350 g/mol. The van der Waals surface area contributed by atoms with Crippen LogP contribution in [0.15, 0.2) is 53.2 Å². The molecule has 1 aromatic heterocycles. The lowest BCUT2D eigenvalue weighted by Crippen LogP contribution is -2.46. The van der Waals surface area contributed by atoms with E-state index in [1.807, 2.05) is 0 Å². The molecule has 1 saturated heterocycles. The molecule has 0 atom stereocenters. The van der Waals surface area contributed by atoms with Crippen LogP contribution in [-0.4, -0.2) is 40.8 Å². The Bertz CT molecular complexity index is 852. The Kier molecular flexibility index (Phi) is 5.65. The highest BCUT2D eigenvalue weighted by atomic mass is 16.6. The van der Waals surface area contributed by atoms with E-state index in [0.717, 1.165) is 0 Å². The van der Waals surface area contributed by atoms with Crippen LogP contribution in [0.2, 0.25) is 0 Å². The maximum atomic E-state index is 12.2. The average Bonchev–Trinajstić information content (AvgIpc) is 3.21. The van der Waals surface area contributed by atoms with Crippen LogP contribution in [0.4, 0.5) is 5.69 Å². The molecule has 27 heavy (non-hydrogen) atoms. The van der Waals surface area contributed by atoms with Crippen LogP contribution in [0.5, 0.6) is 0 Å². The number of nitro benzene ring substituents is 1. The summed E-state index contributed by atoms with van der Waals surface area (Å²) in [5, 5.41) is 13.7. The molecule has 1 aromatic carbocycles. The molecule has 2 aromatic rings. The van der Waals surface area contributed by atoms with Crippen LogP contribution in [0.25, 0.3) is 6.08 Å². The van der Waals surface area contributed by atoms with Gasteiger partial charge in [0.2, 0.25) is 5.91 Å². The molecule has 8 heteroatoms. The number of hydrogen-bond donors (Lipinski definition) is 1. The molecule has 8 nitrogen and oxygen atoms in total. The number of benzene rings is 1. The largest absolute Gasteiger partial charge is 0.459 e. The lowest BCUT2D eigenvalue weighted by Gasteiger charge is -2.31. The first-order valence-electron chi connectivity index (χ1n) is 8.59. The number of nitrogens with one attached hydrogen (secondary N) is 1. The van der Waals surface area contributed by atoms with Crippen molar-refractivity contribution in [3.63, 3.8) is 0 Å². The number of piperidine rings is 1. The Morgan fingerprint density at radius 2 is 2.00 bits per heavy atom. The molecule has 2 amide bonds. The second-order valence-corrected chi connectivity index (χ2v) is 6.24. The van der Waals surface area contributed by atoms with Crippen LogP contribution in [-0.2, 0) is 4.79 Å². The van der Waals surface area contributed by atoms with E-state index in [2.05, 4.69) is 5.32 Å². The first-order valence-corrected chi connectivity index (χ1v) is 8.59. The summed E-state index contributed by atoms with van der Waals surface area (Å²) >= 11 is 0. The number of amides is 2. The lowest BCUT2D eigenvalue weighted by molar-refractivity contribution is -0.384. The topological polar surface area (TPSA) is 106 Å². The van der Waals surface area contributed by atoms with Gasteiger partial charge < -0.3 is 14.6 Å². The first-order chi connectivity index (χ1) is 13.0. The van der Waals surface area contributed by atoms with Gasteiger partial charge in [-0.1, -0.05) is 12.1 Å². The zero-order chi connectivity index (χ0) is 19.2. The average molecular weight is 369 g/mol. The number of furan rings is 1. The van der Waals surface area contributed by atoms with Gasteiger partial charge in [0.15, 0.2) is 5.76 Å². The standard InChI is InChI=1S/C19H19N3O5/c23-18(7-6-14-3-1-4-16(13-14)22(25)26)20-15-8-10-21(11-9-15)19(24)17-5-2-12-27-17/h1-7,12-13,15H,8-11H2,(H,20,23)/b7-6+. The van der Waals surface area contributed by atoms with Crippen molar-refractivity contribution in [2.45, 2.75) is 18.9 Å². The fourth-order valence-electron chi connectivity index (χ4n) is 2.95. The van der Waals surface area contributed by atoms with Gasteiger partial charge in [-0.3, -0.25) is 19.7 Å². The molecule has 0 radical (unpaired) electrons. The van der Waals surface area contributed by atoms with E-state index in [4.69, 9.17) is 4.42 Å². The summed E-state index contributed by atoms with van der Waals surface area (Å²) in [7, 11) is 0. The van der Waals surface area contributed by atoms with Crippen molar-refractivity contribution in [1.29, 1.82) is 0 Å². The van der Waals surface area contributed by atoms with Crippen molar-refractivity contribution < 1.29 is 18.9 Å². The lowest BCUT2D eigenvalue weighted by atomic mass is 10.0. The monoisotopic (exact) mass is 369 g/mol. The highest BCUT2D eigenvalue weighted by molar-refractivity contribution is 5.92. The Morgan fingerprint density at radius 3 is 2.67 bits per heavy atom. The number of carbonyl (C=O) groups is 2. The third-order valence-electron chi connectivity index (χ3n) is 4.37. The Balaban J connectivity index is 1.49. The van der Waals surface area contributed by atoms with Crippen LogP contribution in [0, 0.1) is 10.1 Å². The summed E-state index contributed by atoms with van der Waals surface area (Å²) < 4.78 is 5.12. The molecule has 0 aliphatic carbocycles. The normalized spacial score (nSPS) is 15.0. The van der Waals surface area contributed by atoms with Gasteiger partial charge in [0.1, 0.15) is 0 Å². The zero-order valence-corrected chi connectivity index (χ0v) is 14.5. The third-order valence-corrected chi connectivity index (χ3v) is 4.37. The highest BCUT2D eigenvalue weighted by Crippen LogP contribution is 2.16. The Hall–Kier alpha value is -3.42. The first kappa shape index (κ1) is 18.4. The van der Waals surface area contributed by atoms with E-state index >= 15 is 0 Å². The van der Waals surface area contributed by atoms with Crippen LogP contribution < -0.4 is 5.32 Å². The molecular formula is C19H19N3O5. The van der Waals surface area contributed by atoms with Crippen molar-refractivity contribution in [2.24, 2.45) is 0 Å². The van der Waals surface area contributed by atoms with E-state index in [-0.39, 0.29) is 23.5 Å². The van der Waals surface area contributed by atoms with Gasteiger partial charge in [0, 0.05) is 37.3 Å². The predicted molar refractivity (Wildman–Crippen MR) is 97.9 cm³/mol. The van der Waals surface area contributed by atoms with Crippen molar-refractivity contribution >= 4 is 23.6 Å². The molecule has 1 fully saturated rings. The minimum atomic E-state index is -0.477. The van der Waals surface area contributed by atoms with Crippen LogP contribution >= 0.6 is 0 Å². The van der Waals surface area contributed by atoms with Gasteiger partial charge in [-0.15, -0.1) is 0 Å². The van der Waals surface area contributed by atoms with Crippen LogP contribution in [0.3, 0.4) is 0 Å². The molecule has 1 N–H and O–H groups in total. The van der Waals surface area contributed by atoms with Gasteiger partial charge in [-0.2, -0.15) is 0 Å². The molecule has 140 valence electrons. The minimum Gasteiger partial charge on any atom is -0.459 e. The fraction of sp³-hybridized carbons (Fsp3) is 0.263. The molecule has 3 rings (SSSR count). The number of likely N-dealkylation sites (tertiary alicyclic amines) is 1. The van der Waals surface area contributed by atoms with Crippen molar-refractivity contribution in [2.75, 3.05) is 13.1 Å². The molecule has 0 unspecified atom stereocenters. The smallest absolute Gasteiger partial charge is 0.289 e. The minimum absolute atomic E-state index is 0.0205. The molecule has 1 aliphatic rings. The summed E-state index contributed by atoms with van der Waals surface area (Å²) in [6.45, 7) is 1.08. The van der Waals surface area contributed by atoms with Crippen molar-refractivity contribution in [3.05, 3.63) is 70.2 Å².